The van der Waals surface area contributed by atoms with Crippen molar-refractivity contribution in [3.05, 3.63) is 129 Å². The van der Waals surface area contributed by atoms with Crippen LogP contribution >= 0.6 is 23.2 Å². The monoisotopic (exact) mass is 760 g/mol. The molecule has 8 rings (SSSR count). The second kappa shape index (κ2) is 12.4. The van der Waals surface area contributed by atoms with Gasteiger partial charge in [0.15, 0.2) is 5.82 Å². The van der Waals surface area contributed by atoms with E-state index in [1.807, 2.05) is 6.08 Å². The molecule has 9 nitrogen and oxygen atoms in total. The SMILES string of the molecule is Cc1cccc([C@H]2C3=CC[C@@H]4C(=O)N(c5ccccc5)C(=O)[C@@H]4[C@@H]3C[C@H]3C(=O)N(Nc4ncc(C(F)(F)F)cc4Cl)C(=O)[C@@]23c2ccc(Cl)cc2)c1O. The Morgan fingerprint density at radius 1 is 0.906 bits per heavy atom. The summed E-state index contributed by atoms with van der Waals surface area (Å²) in [6, 6.07) is 20.7. The van der Waals surface area contributed by atoms with E-state index in [0.717, 1.165) is 0 Å². The van der Waals surface area contributed by atoms with Crippen LogP contribution in [0.15, 0.2) is 96.7 Å². The zero-order valence-electron chi connectivity index (χ0n) is 27.8. The van der Waals surface area contributed by atoms with E-state index >= 15 is 4.79 Å². The molecule has 2 saturated heterocycles. The summed E-state index contributed by atoms with van der Waals surface area (Å²) in [6.07, 6.45) is -2.23. The van der Waals surface area contributed by atoms with Crippen LogP contribution < -0.4 is 10.3 Å². The van der Waals surface area contributed by atoms with E-state index in [1.54, 1.807) is 79.7 Å². The van der Waals surface area contributed by atoms with E-state index in [1.165, 1.54) is 4.90 Å². The number of carbonyl (C=O) groups is 4. The van der Waals surface area contributed by atoms with Crippen molar-refractivity contribution in [1.29, 1.82) is 0 Å². The van der Waals surface area contributed by atoms with E-state index in [-0.39, 0.29) is 30.3 Å². The largest absolute Gasteiger partial charge is 0.507 e. The Kier molecular flexibility index (Phi) is 8.19. The molecule has 14 heteroatoms. The lowest BCUT2D eigenvalue weighted by atomic mass is 9.49. The number of para-hydroxylation sites is 2. The third kappa shape index (κ3) is 5.17. The molecule has 0 bridgehead atoms. The Morgan fingerprint density at radius 2 is 1.62 bits per heavy atom. The van der Waals surface area contributed by atoms with Gasteiger partial charge in [-0.05, 0) is 67.1 Å². The van der Waals surface area contributed by atoms with Crippen LogP contribution in [0.2, 0.25) is 10.0 Å². The van der Waals surface area contributed by atoms with Gasteiger partial charge >= 0.3 is 6.18 Å². The molecule has 53 heavy (non-hydrogen) atoms. The zero-order chi connectivity index (χ0) is 37.6. The van der Waals surface area contributed by atoms with Gasteiger partial charge in [-0.3, -0.25) is 29.5 Å². The Balaban J connectivity index is 1.32. The Hall–Kier alpha value is -5.20. The molecule has 3 aromatic carbocycles. The molecule has 0 unspecified atom stereocenters. The third-order valence-corrected chi connectivity index (χ3v) is 11.7. The first-order valence-electron chi connectivity index (χ1n) is 16.8. The highest BCUT2D eigenvalue weighted by Gasteiger charge is 2.70. The Morgan fingerprint density at radius 3 is 2.30 bits per heavy atom. The summed E-state index contributed by atoms with van der Waals surface area (Å²) in [5.41, 5.74) is 1.95. The molecule has 1 saturated carbocycles. The van der Waals surface area contributed by atoms with Crippen molar-refractivity contribution in [3.63, 3.8) is 0 Å². The predicted octanol–water partition coefficient (Wildman–Crippen LogP) is 7.61. The fourth-order valence-corrected chi connectivity index (χ4v) is 9.21. The second-order valence-electron chi connectivity index (χ2n) is 13.8. The number of aryl methyl sites for hydroxylation is 1. The fraction of sp³-hybridized carbons (Fsp3) is 0.256. The Bertz CT molecular complexity index is 2250. The lowest BCUT2D eigenvalue weighted by Gasteiger charge is -2.50. The van der Waals surface area contributed by atoms with E-state index < -0.39 is 69.5 Å². The Labute approximate surface area is 311 Å². The van der Waals surface area contributed by atoms with E-state index in [9.17, 15) is 32.7 Å². The van der Waals surface area contributed by atoms with Crippen molar-refractivity contribution in [2.24, 2.45) is 23.7 Å². The number of alkyl halides is 3. The van der Waals surface area contributed by atoms with Crippen LogP contribution in [0, 0.1) is 30.6 Å². The average molecular weight is 762 g/mol. The highest BCUT2D eigenvalue weighted by Crippen LogP contribution is 2.65. The molecule has 3 heterocycles. The van der Waals surface area contributed by atoms with Crippen LogP contribution in [0.4, 0.5) is 24.7 Å². The summed E-state index contributed by atoms with van der Waals surface area (Å²) >= 11 is 12.6. The number of pyridine rings is 1. The fourth-order valence-electron chi connectivity index (χ4n) is 8.87. The number of hydrogen-bond donors (Lipinski definition) is 2. The van der Waals surface area contributed by atoms with Crippen LogP contribution in [0.25, 0.3) is 0 Å². The minimum absolute atomic E-state index is 0.0444. The number of aromatic hydroxyl groups is 1. The molecule has 0 radical (unpaired) electrons. The number of imide groups is 2. The maximum atomic E-state index is 15.3. The minimum Gasteiger partial charge on any atom is -0.507 e. The highest BCUT2D eigenvalue weighted by molar-refractivity contribution is 6.33. The van der Waals surface area contributed by atoms with Gasteiger partial charge in [0.05, 0.1) is 39.4 Å². The average Bonchev–Trinajstić information content (AvgIpc) is 3.51. The molecule has 2 N–H and O–H groups in total. The van der Waals surface area contributed by atoms with Crippen molar-refractivity contribution in [1.82, 2.24) is 9.99 Å². The molecule has 4 aliphatic rings. The van der Waals surface area contributed by atoms with Gasteiger partial charge in [-0.15, -0.1) is 0 Å². The van der Waals surface area contributed by atoms with Gasteiger partial charge in [-0.1, -0.05) is 83.4 Å². The van der Waals surface area contributed by atoms with Crippen molar-refractivity contribution in [3.8, 4) is 5.75 Å². The lowest BCUT2D eigenvalue weighted by Crippen LogP contribution is -2.53. The first-order chi connectivity index (χ1) is 25.2. The first kappa shape index (κ1) is 34.9. The van der Waals surface area contributed by atoms with E-state index in [0.29, 0.717) is 50.2 Å². The van der Waals surface area contributed by atoms with Crippen molar-refractivity contribution < 1.29 is 37.5 Å². The van der Waals surface area contributed by atoms with Gasteiger partial charge in [-0.25, -0.2) is 4.98 Å². The maximum absolute atomic E-state index is 15.3. The van der Waals surface area contributed by atoms with Crippen LogP contribution in [0.5, 0.6) is 5.75 Å². The molecular weight excluding hydrogens is 732 g/mol. The first-order valence-corrected chi connectivity index (χ1v) is 17.6. The quantitative estimate of drug-likeness (QED) is 0.159. The minimum atomic E-state index is -4.75. The summed E-state index contributed by atoms with van der Waals surface area (Å²) in [4.78, 5) is 63.3. The molecule has 1 aromatic heterocycles. The van der Waals surface area contributed by atoms with Crippen LogP contribution in [0.1, 0.15) is 41.0 Å². The van der Waals surface area contributed by atoms with Gasteiger partial charge in [0, 0.05) is 22.7 Å². The molecule has 2 aliphatic carbocycles. The lowest BCUT2D eigenvalue weighted by molar-refractivity contribution is -0.139. The molecule has 4 amide bonds. The number of allylic oxidation sites excluding steroid dienone is 2. The maximum Gasteiger partial charge on any atom is 0.417 e. The van der Waals surface area contributed by atoms with E-state index in [4.69, 9.17) is 23.2 Å². The molecule has 0 spiro atoms. The molecule has 6 atom stereocenters. The van der Waals surface area contributed by atoms with Gasteiger partial charge in [0.2, 0.25) is 11.8 Å². The number of hydrazine groups is 1. The number of halogens is 5. The second-order valence-corrected chi connectivity index (χ2v) is 14.6. The molecular formula is C39H29Cl2F3N4O5. The number of aromatic nitrogens is 1. The van der Waals surface area contributed by atoms with Gasteiger partial charge in [0.25, 0.3) is 11.8 Å². The molecule has 3 fully saturated rings. The van der Waals surface area contributed by atoms with Gasteiger partial charge in [0.1, 0.15) is 5.75 Å². The summed E-state index contributed by atoms with van der Waals surface area (Å²) in [6.45, 7) is 1.70. The number of fused-ring (bicyclic) bond motifs is 4. The standard InChI is InChI=1S/C39H29Cl2F3N4O5/c1-19-6-5-9-26(32(19)49)31-24-14-15-25-30(36(52)47(34(25)50)23-7-3-2-4-8-23)27(24)17-28-35(51)48(37(53)38(28,31)20-10-12-22(40)13-11-20)46-33-29(41)16-21(18-45-33)39(42,43)44/h2-14,16,18,25,27-28,30-31,49H,15,17H2,1H3,(H,45,46)/t25-,27+,28-,30-,31+,38+/m0/s1. The zero-order valence-corrected chi connectivity index (χ0v) is 29.3. The number of carbonyl (C=O) groups excluding carboxylic acids is 4. The molecule has 4 aromatic rings. The van der Waals surface area contributed by atoms with Crippen molar-refractivity contribution in [2.45, 2.75) is 37.3 Å². The molecule has 270 valence electrons. The number of benzene rings is 3. The summed E-state index contributed by atoms with van der Waals surface area (Å²) < 4.78 is 40.4. The van der Waals surface area contributed by atoms with Crippen molar-refractivity contribution >= 4 is 58.3 Å². The van der Waals surface area contributed by atoms with Gasteiger partial charge < -0.3 is 5.11 Å². The topological polar surface area (TPSA) is 120 Å². The number of nitrogens with zero attached hydrogens (tertiary/aromatic N) is 3. The summed E-state index contributed by atoms with van der Waals surface area (Å²) in [5, 5.41) is 12.3. The summed E-state index contributed by atoms with van der Waals surface area (Å²) in [5.74, 6) is -7.38. The number of amides is 4. The third-order valence-electron chi connectivity index (χ3n) is 11.2. The summed E-state index contributed by atoms with van der Waals surface area (Å²) in [7, 11) is 0. The number of anilines is 2. The number of hydrogen-bond acceptors (Lipinski definition) is 7. The van der Waals surface area contributed by atoms with Crippen molar-refractivity contribution in [2.75, 3.05) is 10.3 Å². The number of phenolic OH excluding ortho intramolecular Hbond substituents is 1. The highest BCUT2D eigenvalue weighted by atomic mass is 35.5. The van der Waals surface area contributed by atoms with Crippen LogP contribution in [0.3, 0.4) is 0 Å². The number of nitrogens with one attached hydrogen (secondary N) is 1. The van der Waals surface area contributed by atoms with Gasteiger partial charge in [-0.2, -0.15) is 18.2 Å². The van der Waals surface area contributed by atoms with Crippen LogP contribution in [-0.4, -0.2) is 38.7 Å². The normalized spacial score (nSPS) is 26.7. The predicted molar refractivity (Wildman–Crippen MR) is 189 cm³/mol. The molecule has 2 aliphatic heterocycles. The van der Waals surface area contributed by atoms with E-state index in [2.05, 4.69) is 10.4 Å². The number of rotatable bonds is 5. The van der Waals surface area contributed by atoms with Crippen LogP contribution in [-0.2, 0) is 30.8 Å². The smallest absolute Gasteiger partial charge is 0.417 e. The number of phenols is 1.